The first-order chi connectivity index (χ1) is 6.70. The van der Waals surface area contributed by atoms with Gasteiger partial charge in [0.1, 0.15) is 5.82 Å². The molecule has 4 rings (SSSR count). The minimum absolute atomic E-state index is 0.0715. The van der Waals surface area contributed by atoms with Gasteiger partial charge >= 0.3 is 0 Å². The molecule has 0 amide bonds. The summed E-state index contributed by atoms with van der Waals surface area (Å²) in [5, 5.41) is 0. The number of halogens is 1. The molecule has 3 fully saturated rings. The van der Waals surface area contributed by atoms with Gasteiger partial charge in [0.15, 0.2) is 0 Å². The van der Waals surface area contributed by atoms with Gasteiger partial charge in [-0.3, -0.25) is 11.3 Å². The van der Waals surface area contributed by atoms with E-state index in [0.29, 0.717) is 0 Å². The molecule has 0 radical (unpaired) electrons. The van der Waals surface area contributed by atoms with E-state index in [1.165, 1.54) is 6.07 Å². The van der Waals surface area contributed by atoms with E-state index < -0.39 is 0 Å². The molecule has 2 nitrogen and oxygen atoms in total. The second-order valence-electron chi connectivity index (χ2n) is 4.72. The van der Waals surface area contributed by atoms with Crippen LogP contribution in [0.15, 0.2) is 24.3 Å². The van der Waals surface area contributed by atoms with Crippen LogP contribution in [0.1, 0.15) is 24.8 Å². The molecule has 0 aliphatic heterocycles. The van der Waals surface area contributed by atoms with E-state index in [2.05, 4.69) is 5.43 Å². The number of hydrogen-bond acceptors (Lipinski definition) is 2. The maximum atomic E-state index is 13.5. The van der Waals surface area contributed by atoms with Crippen molar-refractivity contribution in [1.29, 1.82) is 0 Å². The Labute approximate surface area is 82.3 Å². The predicted octanol–water partition coefficient (Wildman–Crippen LogP) is 1.46. The molecule has 0 aromatic heterocycles. The average Bonchev–Trinajstić information content (AvgIpc) is 2.04. The van der Waals surface area contributed by atoms with Gasteiger partial charge in [-0.1, -0.05) is 18.2 Å². The van der Waals surface area contributed by atoms with Gasteiger partial charge in [-0.25, -0.2) is 4.39 Å². The van der Waals surface area contributed by atoms with Crippen LogP contribution in [0, 0.1) is 5.82 Å². The summed E-state index contributed by atoms with van der Waals surface area (Å²) in [6, 6.07) is 7.08. The van der Waals surface area contributed by atoms with Crippen molar-refractivity contribution in [3.05, 3.63) is 35.6 Å². The number of hydrazine groups is 1. The number of benzene rings is 1. The fraction of sp³-hybridized carbons (Fsp3) is 0.455. The van der Waals surface area contributed by atoms with Crippen LogP contribution in [-0.4, -0.2) is 5.54 Å². The van der Waals surface area contributed by atoms with Crippen LogP contribution >= 0.6 is 0 Å². The van der Waals surface area contributed by atoms with Crippen molar-refractivity contribution in [2.45, 2.75) is 30.2 Å². The van der Waals surface area contributed by atoms with Gasteiger partial charge in [-0.05, 0) is 30.9 Å². The summed E-state index contributed by atoms with van der Waals surface area (Å²) in [6.45, 7) is 0. The van der Waals surface area contributed by atoms with Crippen LogP contribution in [0.3, 0.4) is 0 Å². The fourth-order valence-electron chi connectivity index (χ4n) is 3.12. The van der Waals surface area contributed by atoms with Gasteiger partial charge in [0.05, 0.1) is 0 Å². The first-order valence-electron chi connectivity index (χ1n) is 4.93. The number of nitrogens with two attached hydrogens (primary N) is 1. The third kappa shape index (κ3) is 0.817. The second kappa shape index (κ2) is 2.35. The quantitative estimate of drug-likeness (QED) is 0.550. The largest absolute Gasteiger partial charge is 0.271 e. The highest BCUT2D eigenvalue weighted by Gasteiger charge is 2.68. The van der Waals surface area contributed by atoms with E-state index in [1.54, 1.807) is 6.07 Å². The normalized spacial score (nSPS) is 38.7. The van der Waals surface area contributed by atoms with E-state index in [9.17, 15) is 4.39 Å². The van der Waals surface area contributed by atoms with Crippen LogP contribution < -0.4 is 11.3 Å². The maximum Gasteiger partial charge on any atom is 0.126 e. The lowest BCUT2D eigenvalue weighted by molar-refractivity contribution is -0.0901. The fourth-order valence-corrected chi connectivity index (χ4v) is 3.12. The van der Waals surface area contributed by atoms with E-state index in [4.69, 9.17) is 5.84 Å². The van der Waals surface area contributed by atoms with Crippen molar-refractivity contribution in [3.8, 4) is 0 Å². The van der Waals surface area contributed by atoms with E-state index >= 15 is 0 Å². The molecule has 0 spiro atoms. The summed E-state index contributed by atoms with van der Waals surface area (Å²) in [5.74, 6) is 5.37. The molecule has 0 unspecified atom stereocenters. The molecular formula is C11H13FN2. The number of rotatable bonds is 2. The monoisotopic (exact) mass is 192 g/mol. The highest BCUT2D eigenvalue weighted by molar-refractivity contribution is 5.42. The van der Waals surface area contributed by atoms with Crippen LogP contribution in [0.5, 0.6) is 0 Å². The zero-order valence-corrected chi connectivity index (χ0v) is 7.89. The van der Waals surface area contributed by atoms with Gasteiger partial charge in [0.25, 0.3) is 0 Å². The van der Waals surface area contributed by atoms with E-state index in [1.807, 2.05) is 12.1 Å². The average molecular weight is 192 g/mol. The van der Waals surface area contributed by atoms with Crippen molar-refractivity contribution in [1.82, 2.24) is 5.43 Å². The molecule has 3 aliphatic rings. The molecule has 0 atom stereocenters. The first-order valence-corrected chi connectivity index (χ1v) is 4.93. The van der Waals surface area contributed by atoms with Crippen molar-refractivity contribution in [2.75, 3.05) is 0 Å². The van der Waals surface area contributed by atoms with Crippen LogP contribution in [0.2, 0.25) is 0 Å². The van der Waals surface area contributed by atoms with E-state index in [0.717, 1.165) is 24.8 Å². The second-order valence-corrected chi connectivity index (χ2v) is 4.72. The Kier molecular flexibility index (Phi) is 1.41. The molecular weight excluding hydrogens is 179 g/mol. The zero-order valence-electron chi connectivity index (χ0n) is 7.89. The smallest absolute Gasteiger partial charge is 0.126 e. The summed E-state index contributed by atoms with van der Waals surface area (Å²) in [5.41, 5.74) is 3.93. The van der Waals surface area contributed by atoms with Crippen molar-refractivity contribution in [2.24, 2.45) is 5.84 Å². The molecule has 1 aromatic rings. The predicted molar refractivity (Wildman–Crippen MR) is 52.0 cm³/mol. The minimum atomic E-state index is -0.0715. The van der Waals surface area contributed by atoms with Crippen LogP contribution in [0.25, 0.3) is 0 Å². The van der Waals surface area contributed by atoms with Crippen LogP contribution in [0.4, 0.5) is 4.39 Å². The summed E-state index contributed by atoms with van der Waals surface area (Å²) >= 11 is 0. The molecule has 0 saturated heterocycles. The Bertz CT molecular complexity index is 369. The van der Waals surface area contributed by atoms with Gasteiger partial charge in [-0.2, -0.15) is 0 Å². The highest BCUT2D eigenvalue weighted by Crippen LogP contribution is 2.67. The Morgan fingerprint density at radius 2 is 1.86 bits per heavy atom. The third-order valence-electron chi connectivity index (χ3n) is 3.78. The van der Waals surface area contributed by atoms with E-state index in [-0.39, 0.29) is 16.8 Å². The Hall–Kier alpha value is -0.930. The molecule has 2 bridgehead atoms. The summed E-state index contributed by atoms with van der Waals surface area (Å²) in [4.78, 5) is 0. The van der Waals surface area contributed by atoms with Gasteiger partial charge in [0.2, 0.25) is 0 Å². The van der Waals surface area contributed by atoms with Crippen molar-refractivity contribution < 1.29 is 4.39 Å². The SMILES string of the molecule is NNC12CC(c3ccccc3F)(C1)C2. The molecule has 14 heavy (non-hydrogen) atoms. The molecule has 3 N–H and O–H groups in total. The summed E-state index contributed by atoms with van der Waals surface area (Å²) in [7, 11) is 0. The Balaban J connectivity index is 1.91. The van der Waals surface area contributed by atoms with Crippen molar-refractivity contribution in [3.63, 3.8) is 0 Å². The Morgan fingerprint density at radius 1 is 1.21 bits per heavy atom. The molecule has 74 valence electrons. The van der Waals surface area contributed by atoms with Gasteiger partial charge in [0, 0.05) is 11.0 Å². The van der Waals surface area contributed by atoms with Crippen molar-refractivity contribution >= 4 is 0 Å². The lowest BCUT2D eigenvalue weighted by Gasteiger charge is -2.70. The summed E-state index contributed by atoms with van der Waals surface area (Å²) in [6.07, 6.45) is 2.95. The van der Waals surface area contributed by atoms with Crippen LogP contribution in [-0.2, 0) is 5.41 Å². The molecule has 0 heterocycles. The molecule has 1 aromatic carbocycles. The summed E-state index contributed by atoms with van der Waals surface area (Å²) < 4.78 is 13.5. The Morgan fingerprint density at radius 3 is 2.43 bits per heavy atom. The standard InChI is InChI=1S/C11H13FN2/c12-9-4-2-1-3-8(9)10-5-11(6-10,7-10)14-13/h1-4,14H,5-7,13H2. The number of hydrogen-bond donors (Lipinski definition) is 2. The molecule has 3 saturated carbocycles. The zero-order chi connectivity index (χ0) is 9.81. The maximum absolute atomic E-state index is 13.5. The molecule has 3 aliphatic carbocycles. The first kappa shape index (κ1) is 8.38. The third-order valence-corrected chi connectivity index (χ3v) is 3.78. The highest BCUT2D eigenvalue weighted by atomic mass is 19.1. The lowest BCUT2D eigenvalue weighted by Crippen LogP contribution is -2.77. The molecule has 3 heteroatoms. The van der Waals surface area contributed by atoms with Gasteiger partial charge in [-0.15, -0.1) is 0 Å². The topological polar surface area (TPSA) is 38.0 Å². The lowest BCUT2D eigenvalue weighted by atomic mass is 9.37. The minimum Gasteiger partial charge on any atom is -0.271 e. The number of nitrogens with one attached hydrogen (secondary N) is 1. The van der Waals surface area contributed by atoms with Gasteiger partial charge < -0.3 is 0 Å².